The van der Waals surface area contributed by atoms with Crippen LogP contribution in [0.15, 0.2) is 23.1 Å². The molecule has 104 valence electrons. The number of hydrogen-bond acceptors (Lipinski definition) is 3. The van der Waals surface area contributed by atoms with Crippen molar-refractivity contribution in [1.29, 1.82) is 0 Å². The molecule has 7 heteroatoms. The maximum atomic E-state index is 12.4. The molecule has 0 spiro atoms. The maximum Gasteiger partial charge on any atom is 0.471 e. The zero-order valence-electron chi connectivity index (χ0n) is 10.3. The molecule has 0 aliphatic carbocycles. The fraction of sp³-hybridized carbons (Fsp3) is 0.417. The standard InChI is InChI=1S/C12H13F3N2OS/c1-16-19-10-3-2-8-4-5-17(7-9(8)6-10)11(18)12(13,14)15/h2-3,6,16H,4-5,7H2,1H3. The van der Waals surface area contributed by atoms with E-state index in [4.69, 9.17) is 0 Å². The second kappa shape index (κ2) is 5.42. The predicted octanol–water partition coefficient (Wildman–Crippen LogP) is 2.36. The van der Waals surface area contributed by atoms with Crippen LogP contribution in [-0.2, 0) is 17.8 Å². The van der Waals surface area contributed by atoms with Crippen LogP contribution in [0.3, 0.4) is 0 Å². The summed E-state index contributed by atoms with van der Waals surface area (Å²) in [6, 6.07) is 5.65. The van der Waals surface area contributed by atoms with Crippen molar-refractivity contribution >= 4 is 17.9 Å². The second-order valence-electron chi connectivity index (χ2n) is 4.21. The summed E-state index contributed by atoms with van der Waals surface area (Å²) in [7, 11) is 1.77. The summed E-state index contributed by atoms with van der Waals surface area (Å²) in [6.07, 6.45) is -4.34. The minimum Gasteiger partial charge on any atom is -0.330 e. The first kappa shape index (κ1) is 14.2. The molecule has 1 amide bonds. The highest BCUT2D eigenvalue weighted by atomic mass is 32.2. The van der Waals surface area contributed by atoms with E-state index in [1.54, 1.807) is 7.05 Å². The molecule has 1 aliphatic heterocycles. The van der Waals surface area contributed by atoms with Crippen molar-refractivity contribution < 1.29 is 18.0 Å². The van der Waals surface area contributed by atoms with E-state index < -0.39 is 12.1 Å². The topological polar surface area (TPSA) is 32.3 Å². The van der Waals surface area contributed by atoms with Crippen LogP contribution < -0.4 is 4.72 Å². The Bertz CT molecular complexity index is 490. The monoisotopic (exact) mass is 290 g/mol. The number of carbonyl (C=O) groups is 1. The molecule has 0 radical (unpaired) electrons. The summed E-state index contributed by atoms with van der Waals surface area (Å²) in [5.41, 5.74) is 1.79. The predicted molar refractivity (Wildman–Crippen MR) is 66.5 cm³/mol. The molecule has 1 aromatic rings. The van der Waals surface area contributed by atoms with Gasteiger partial charge in [0.1, 0.15) is 0 Å². The molecule has 0 saturated heterocycles. The van der Waals surface area contributed by atoms with E-state index in [1.165, 1.54) is 11.9 Å². The Labute approximate surface area is 113 Å². The molecule has 0 atom stereocenters. The lowest BCUT2D eigenvalue weighted by atomic mass is 10.00. The third-order valence-corrected chi connectivity index (χ3v) is 3.63. The van der Waals surface area contributed by atoms with Gasteiger partial charge in [-0.25, -0.2) is 0 Å². The summed E-state index contributed by atoms with van der Waals surface area (Å²) < 4.78 is 40.1. The van der Waals surface area contributed by atoms with Gasteiger partial charge in [-0.2, -0.15) is 13.2 Å². The fourth-order valence-electron chi connectivity index (χ4n) is 2.07. The highest BCUT2D eigenvalue weighted by Crippen LogP contribution is 2.27. The van der Waals surface area contributed by atoms with Crippen LogP contribution in [0, 0.1) is 0 Å². The number of benzene rings is 1. The van der Waals surface area contributed by atoms with Gasteiger partial charge < -0.3 is 4.90 Å². The normalized spacial score (nSPS) is 15.3. The molecular formula is C12H13F3N2OS. The molecule has 3 nitrogen and oxygen atoms in total. The van der Waals surface area contributed by atoms with Crippen LogP contribution in [0.2, 0.25) is 0 Å². The molecular weight excluding hydrogens is 277 g/mol. The van der Waals surface area contributed by atoms with Gasteiger partial charge in [-0.05, 0) is 48.7 Å². The lowest BCUT2D eigenvalue weighted by Gasteiger charge is -2.29. The second-order valence-corrected chi connectivity index (χ2v) is 5.29. The molecule has 1 heterocycles. The molecule has 19 heavy (non-hydrogen) atoms. The molecule has 0 fully saturated rings. The van der Waals surface area contributed by atoms with Gasteiger partial charge in [0.05, 0.1) is 0 Å². The lowest BCUT2D eigenvalue weighted by Crippen LogP contribution is -2.43. The largest absolute Gasteiger partial charge is 0.471 e. The summed E-state index contributed by atoms with van der Waals surface area (Å²) >= 11 is 1.39. The number of hydrogen-bond donors (Lipinski definition) is 1. The Morgan fingerprint density at radius 1 is 1.37 bits per heavy atom. The van der Waals surface area contributed by atoms with E-state index in [0.29, 0.717) is 6.42 Å². The third-order valence-electron chi connectivity index (χ3n) is 2.94. The number of rotatable bonds is 2. The first-order valence-corrected chi connectivity index (χ1v) is 6.55. The van der Waals surface area contributed by atoms with Crippen LogP contribution >= 0.6 is 11.9 Å². The van der Waals surface area contributed by atoms with E-state index in [2.05, 4.69) is 4.72 Å². The summed E-state index contributed by atoms with van der Waals surface area (Å²) in [5, 5.41) is 0. The van der Waals surface area contributed by atoms with E-state index in [9.17, 15) is 18.0 Å². The molecule has 2 rings (SSSR count). The minimum absolute atomic E-state index is 0.0196. The van der Waals surface area contributed by atoms with Gasteiger partial charge >= 0.3 is 12.1 Å². The number of amides is 1. The number of carbonyl (C=O) groups excluding carboxylic acids is 1. The van der Waals surface area contributed by atoms with Crippen LogP contribution in [-0.4, -0.2) is 30.6 Å². The van der Waals surface area contributed by atoms with Crippen LogP contribution in [0.5, 0.6) is 0 Å². The SMILES string of the molecule is CNSc1ccc2c(c1)CN(C(=O)C(F)(F)F)CC2. The smallest absolute Gasteiger partial charge is 0.330 e. The van der Waals surface area contributed by atoms with Crippen molar-refractivity contribution in [2.75, 3.05) is 13.6 Å². The summed E-state index contributed by atoms with van der Waals surface area (Å²) in [5.74, 6) is -1.76. The first-order chi connectivity index (χ1) is 8.91. The molecule has 0 saturated carbocycles. The van der Waals surface area contributed by atoms with Crippen LogP contribution in [0.1, 0.15) is 11.1 Å². The number of fused-ring (bicyclic) bond motifs is 1. The van der Waals surface area contributed by atoms with E-state index >= 15 is 0 Å². The van der Waals surface area contributed by atoms with E-state index in [1.807, 2.05) is 18.2 Å². The van der Waals surface area contributed by atoms with Gasteiger partial charge in [-0.3, -0.25) is 9.52 Å². The minimum atomic E-state index is -4.80. The van der Waals surface area contributed by atoms with Crippen molar-refractivity contribution in [2.45, 2.75) is 24.0 Å². The van der Waals surface area contributed by atoms with E-state index in [0.717, 1.165) is 20.9 Å². The zero-order valence-corrected chi connectivity index (χ0v) is 11.1. The summed E-state index contributed by atoms with van der Waals surface area (Å²) in [6.45, 7) is 0.135. The number of nitrogens with zero attached hydrogens (tertiary/aromatic N) is 1. The zero-order chi connectivity index (χ0) is 14.0. The molecule has 1 N–H and O–H groups in total. The Morgan fingerprint density at radius 2 is 2.11 bits per heavy atom. The molecule has 0 bridgehead atoms. The molecule has 1 aliphatic rings. The Hall–Kier alpha value is -1.21. The van der Waals surface area contributed by atoms with Gasteiger partial charge in [0.15, 0.2) is 0 Å². The third kappa shape index (κ3) is 3.22. The fourth-order valence-corrected chi connectivity index (χ4v) is 2.64. The number of alkyl halides is 3. The van der Waals surface area contributed by atoms with Crippen molar-refractivity contribution in [1.82, 2.24) is 9.62 Å². The van der Waals surface area contributed by atoms with Gasteiger partial charge in [-0.15, -0.1) is 0 Å². The lowest BCUT2D eigenvalue weighted by molar-refractivity contribution is -0.186. The van der Waals surface area contributed by atoms with Gasteiger partial charge in [0.2, 0.25) is 0 Å². The average molecular weight is 290 g/mol. The Balaban J connectivity index is 2.18. The quantitative estimate of drug-likeness (QED) is 0.849. The summed E-state index contributed by atoms with van der Waals surface area (Å²) in [4.78, 5) is 13.0. The number of nitrogens with one attached hydrogen (secondary N) is 1. The molecule has 0 aromatic heterocycles. The van der Waals surface area contributed by atoms with Crippen LogP contribution in [0.25, 0.3) is 0 Å². The van der Waals surface area contributed by atoms with Crippen LogP contribution in [0.4, 0.5) is 13.2 Å². The van der Waals surface area contributed by atoms with Crippen molar-refractivity contribution in [3.63, 3.8) is 0 Å². The Kier molecular flexibility index (Phi) is 4.05. The molecule has 1 aromatic carbocycles. The Morgan fingerprint density at radius 3 is 2.74 bits per heavy atom. The van der Waals surface area contributed by atoms with Crippen molar-refractivity contribution in [3.05, 3.63) is 29.3 Å². The highest BCUT2D eigenvalue weighted by Gasteiger charge is 2.43. The van der Waals surface area contributed by atoms with E-state index in [-0.39, 0.29) is 13.1 Å². The first-order valence-electron chi connectivity index (χ1n) is 5.73. The van der Waals surface area contributed by atoms with Gasteiger partial charge in [0, 0.05) is 18.0 Å². The van der Waals surface area contributed by atoms with Gasteiger partial charge in [-0.1, -0.05) is 6.07 Å². The number of halogens is 3. The van der Waals surface area contributed by atoms with Crippen molar-refractivity contribution in [2.24, 2.45) is 0 Å². The molecule has 0 unspecified atom stereocenters. The highest BCUT2D eigenvalue weighted by molar-refractivity contribution is 7.97. The maximum absolute atomic E-state index is 12.4. The van der Waals surface area contributed by atoms with Gasteiger partial charge in [0.25, 0.3) is 0 Å². The van der Waals surface area contributed by atoms with Crippen molar-refractivity contribution in [3.8, 4) is 0 Å². The average Bonchev–Trinajstić information content (AvgIpc) is 2.36.